The summed E-state index contributed by atoms with van der Waals surface area (Å²) in [6.45, 7) is 6.56. The second-order valence-corrected chi connectivity index (χ2v) is 6.29. The third-order valence-corrected chi connectivity index (χ3v) is 3.30. The average molecular weight is 256 g/mol. The van der Waals surface area contributed by atoms with Crippen LogP contribution in [0.25, 0.3) is 0 Å². The molecular weight excluding hydrogens is 232 g/mol. The van der Waals surface area contributed by atoms with Gasteiger partial charge in [0.15, 0.2) is 0 Å². The van der Waals surface area contributed by atoms with Crippen molar-refractivity contribution in [1.82, 2.24) is 10.2 Å². The van der Waals surface area contributed by atoms with Crippen LogP contribution in [-0.2, 0) is 4.79 Å². The zero-order valence-electron chi connectivity index (χ0n) is 11.7. The van der Waals surface area contributed by atoms with Crippen LogP contribution in [0.2, 0.25) is 0 Å². The predicted molar refractivity (Wildman–Crippen MR) is 69.4 cm³/mol. The van der Waals surface area contributed by atoms with Gasteiger partial charge in [-0.25, -0.2) is 4.79 Å². The van der Waals surface area contributed by atoms with Gasteiger partial charge in [0.25, 0.3) is 0 Å². The molecule has 1 fully saturated rings. The molecule has 0 heterocycles. The maximum Gasteiger partial charge on any atom is 0.317 e. The maximum atomic E-state index is 12.0. The molecule has 0 aromatic rings. The molecule has 5 heteroatoms. The predicted octanol–water partition coefficient (Wildman–Crippen LogP) is 1.93. The molecule has 5 nitrogen and oxygen atoms in total. The molecule has 0 radical (unpaired) electrons. The van der Waals surface area contributed by atoms with Crippen LogP contribution in [0, 0.1) is 11.3 Å². The molecule has 1 aliphatic rings. The van der Waals surface area contributed by atoms with E-state index in [4.69, 9.17) is 5.11 Å². The van der Waals surface area contributed by atoms with Crippen LogP contribution in [0.15, 0.2) is 0 Å². The lowest BCUT2D eigenvalue weighted by molar-refractivity contribution is -0.138. The van der Waals surface area contributed by atoms with E-state index < -0.39 is 5.97 Å². The van der Waals surface area contributed by atoms with Gasteiger partial charge in [-0.05, 0) is 24.2 Å². The number of carboxylic acids is 1. The zero-order valence-corrected chi connectivity index (χ0v) is 11.7. The molecule has 0 aliphatic heterocycles. The van der Waals surface area contributed by atoms with Gasteiger partial charge in [-0.15, -0.1) is 0 Å². The normalized spacial score (nSPS) is 17.1. The van der Waals surface area contributed by atoms with E-state index in [1.807, 2.05) is 20.8 Å². The van der Waals surface area contributed by atoms with Crippen LogP contribution in [-0.4, -0.2) is 41.6 Å². The van der Waals surface area contributed by atoms with Crippen molar-refractivity contribution in [3.63, 3.8) is 0 Å². The first kappa shape index (κ1) is 14.8. The number of nitrogens with zero attached hydrogens (tertiary/aromatic N) is 1. The first-order valence-corrected chi connectivity index (χ1v) is 6.43. The smallest absolute Gasteiger partial charge is 0.317 e. The molecule has 104 valence electrons. The third kappa shape index (κ3) is 4.94. The Kier molecular flexibility index (Phi) is 4.59. The highest BCUT2D eigenvalue weighted by molar-refractivity contribution is 5.75. The van der Waals surface area contributed by atoms with Crippen LogP contribution in [0.5, 0.6) is 0 Å². The standard InChI is InChI=1S/C13H24N2O3/c1-13(2,3)10(7-11(16)17)14-12(18)15(4)8-9-5-6-9/h9-10H,5-8H2,1-4H3,(H,14,18)(H,16,17). The number of carbonyl (C=O) groups is 2. The van der Waals surface area contributed by atoms with Crippen LogP contribution >= 0.6 is 0 Å². The monoisotopic (exact) mass is 256 g/mol. The second kappa shape index (κ2) is 5.59. The van der Waals surface area contributed by atoms with Gasteiger partial charge in [-0.3, -0.25) is 4.79 Å². The zero-order chi connectivity index (χ0) is 13.9. The summed E-state index contributed by atoms with van der Waals surface area (Å²) < 4.78 is 0. The van der Waals surface area contributed by atoms with Crippen molar-refractivity contribution in [2.45, 2.75) is 46.1 Å². The van der Waals surface area contributed by atoms with Crippen LogP contribution < -0.4 is 5.32 Å². The Balaban J connectivity index is 2.52. The van der Waals surface area contributed by atoms with Crippen LogP contribution in [0.1, 0.15) is 40.0 Å². The summed E-state index contributed by atoms with van der Waals surface area (Å²) in [5.74, 6) is -0.256. The largest absolute Gasteiger partial charge is 0.481 e. The molecule has 0 saturated heterocycles. The van der Waals surface area contributed by atoms with E-state index in [-0.39, 0.29) is 23.9 Å². The maximum absolute atomic E-state index is 12.0. The highest BCUT2D eigenvalue weighted by atomic mass is 16.4. The SMILES string of the molecule is CN(CC1CC1)C(=O)NC(CC(=O)O)C(C)(C)C. The average Bonchev–Trinajstić information content (AvgIpc) is 2.98. The molecule has 0 aromatic heterocycles. The number of aliphatic carboxylic acids is 1. The summed E-state index contributed by atoms with van der Waals surface area (Å²) >= 11 is 0. The topological polar surface area (TPSA) is 69.6 Å². The Labute approximate surface area is 109 Å². The van der Waals surface area contributed by atoms with E-state index in [2.05, 4.69) is 5.32 Å². The van der Waals surface area contributed by atoms with Crippen molar-refractivity contribution < 1.29 is 14.7 Å². The van der Waals surface area contributed by atoms with Crippen molar-refractivity contribution >= 4 is 12.0 Å². The van der Waals surface area contributed by atoms with E-state index in [1.165, 1.54) is 12.8 Å². The van der Waals surface area contributed by atoms with Gasteiger partial charge in [-0.1, -0.05) is 20.8 Å². The van der Waals surface area contributed by atoms with Gasteiger partial charge in [0, 0.05) is 19.6 Å². The van der Waals surface area contributed by atoms with Gasteiger partial charge in [-0.2, -0.15) is 0 Å². The van der Waals surface area contributed by atoms with E-state index in [0.29, 0.717) is 5.92 Å². The van der Waals surface area contributed by atoms with E-state index in [9.17, 15) is 9.59 Å². The van der Waals surface area contributed by atoms with E-state index >= 15 is 0 Å². The summed E-state index contributed by atoms with van der Waals surface area (Å²) in [6.07, 6.45) is 2.33. The molecule has 1 saturated carbocycles. The summed E-state index contributed by atoms with van der Waals surface area (Å²) in [6, 6.07) is -0.535. The lowest BCUT2D eigenvalue weighted by Gasteiger charge is -2.32. The molecule has 2 amide bonds. The molecule has 0 spiro atoms. The summed E-state index contributed by atoms with van der Waals surface area (Å²) in [7, 11) is 1.76. The Bertz CT molecular complexity index is 319. The molecule has 1 atom stereocenters. The fraction of sp³-hybridized carbons (Fsp3) is 0.846. The quantitative estimate of drug-likeness (QED) is 0.789. The van der Waals surface area contributed by atoms with Crippen molar-refractivity contribution in [2.24, 2.45) is 11.3 Å². The number of amides is 2. The molecule has 1 rings (SSSR count). The molecular formula is C13H24N2O3. The van der Waals surface area contributed by atoms with Crippen LogP contribution in [0.3, 0.4) is 0 Å². The Morgan fingerprint density at radius 3 is 2.33 bits per heavy atom. The summed E-state index contributed by atoms with van der Waals surface area (Å²) in [5, 5.41) is 11.7. The summed E-state index contributed by atoms with van der Waals surface area (Å²) in [4.78, 5) is 24.4. The fourth-order valence-electron chi connectivity index (χ4n) is 1.78. The van der Waals surface area contributed by atoms with Crippen molar-refractivity contribution in [1.29, 1.82) is 0 Å². The van der Waals surface area contributed by atoms with Crippen molar-refractivity contribution in [3.8, 4) is 0 Å². The minimum absolute atomic E-state index is 0.0491. The first-order valence-electron chi connectivity index (χ1n) is 6.43. The molecule has 1 unspecified atom stereocenters. The van der Waals surface area contributed by atoms with Gasteiger partial charge >= 0.3 is 12.0 Å². The highest BCUT2D eigenvalue weighted by Crippen LogP contribution is 2.29. The Hall–Kier alpha value is -1.26. The van der Waals surface area contributed by atoms with Crippen molar-refractivity contribution in [2.75, 3.05) is 13.6 Å². The lowest BCUT2D eigenvalue weighted by atomic mass is 9.85. The molecule has 1 aliphatic carbocycles. The minimum atomic E-state index is -0.889. The van der Waals surface area contributed by atoms with Gasteiger partial charge in [0.05, 0.1) is 6.42 Å². The molecule has 0 bridgehead atoms. The Morgan fingerprint density at radius 2 is 1.94 bits per heavy atom. The molecule has 18 heavy (non-hydrogen) atoms. The first-order chi connectivity index (χ1) is 8.20. The number of hydrogen-bond donors (Lipinski definition) is 2. The number of carbonyl (C=O) groups excluding carboxylic acids is 1. The van der Waals surface area contributed by atoms with Gasteiger partial charge in [0.1, 0.15) is 0 Å². The minimum Gasteiger partial charge on any atom is -0.481 e. The lowest BCUT2D eigenvalue weighted by Crippen LogP contribution is -2.49. The molecule has 2 N–H and O–H groups in total. The number of carboxylic acid groups (broad SMARTS) is 1. The number of nitrogens with one attached hydrogen (secondary N) is 1. The van der Waals surface area contributed by atoms with Crippen LogP contribution in [0.4, 0.5) is 4.79 Å². The number of hydrogen-bond acceptors (Lipinski definition) is 2. The fourth-order valence-corrected chi connectivity index (χ4v) is 1.78. The van der Waals surface area contributed by atoms with Gasteiger partial charge < -0.3 is 15.3 Å². The number of rotatable bonds is 5. The second-order valence-electron chi connectivity index (χ2n) is 6.29. The van der Waals surface area contributed by atoms with Crippen molar-refractivity contribution in [3.05, 3.63) is 0 Å². The third-order valence-electron chi connectivity index (χ3n) is 3.30. The van der Waals surface area contributed by atoms with E-state index in [1.54, 1.807) is 11.9 Å². The van der Waals surface area contributed by atoms with Gasteiger partial charge in [0.2, 0.25) is 0 Å². The highest BCUT2D eigenvalue weighted by Gasteiger charge is 2.30. The van der Waals surface area contributed by atoms with E-state index in [0.717, 1.165) is 6.54 Å². The number of urea groups is 1. The Morgan fingerprint density at radius 1 is 1.39 bits per heavy atom. The molecule has 0 aromatic carbocycles. The summed E-state index contributed by atoms with van der Waals surface area (Å²) in [5.41, 5.74) is -0.269.